The number of halogens is 2. The molecule has 0 spiro atoms. The van der Waals surface area contributed by atoms with Crippen molar-refractivity contribution in [3.8, 4) is 0 Å². The summed E-state index contributed by atoms with van der Waals surface area (Å²) >= 11 is 12.4. The maximum absolute atomic E-state index is 11.9. The van der Waals surface area contributed by atoms with E-state index in [1.807, 2.05) is 35.0 Å². The largest absolute Gasteiger partial charge is 0.293 e. The van der Waals surface area contributed by atoms with Crippen LogP contribution in [0.25, 0.3) is 0 Å². The van der Waals surface area contributed by atoms with Crippen LogP contribution in [-0.4, -0.2) is 11.5 Å². The molecule has 2 rings (SSSR count). The molecule has 17 heavy (non-hydrogen) atoms. The van der Waals surface area contributed by atoms with Crippen molar-refractivity contribution < 1.29 is 4.79 Å². The van der Waals surface area contributed by atoms with Crippen LogP contribution in [0.3, 0.4) is 0 Å². The van der Waals surface area contributed by atoms with Gasteiger partial charge in [-0.05, 0) is 28.1 Å². The van der Waals surface area contributed by atoms with Gasteiger partial charge in [-0.1, -0.05) is 23.7 Å². The molecular weight excluding hydrogens is 340 g/mol. The van der Waals surface area contributed by atoms with Gasteiger partial charge in [-0.15, -0.1) is 11.8 Å². The molecule has 0 unspecified atom stereocenters. The zero-order valence-corrected chi connectivity index (χ0v) is 12.6. The van der Waals surface area contributed by atoms with Crippen LogP contribution < -0.4 is 0 Å². The molecule has 1 nitrogen and oxygen atoms in total. The minimum Gasteiger partial charge on any atom is -0.293 e. The minimum atomic E-state index is 0.114. The van der Waals surface area contributed by atoms with E-state index in [-0.39, 0.29) is 5.78 Å². The highest BCUT2D eigenvalue weighted by Crippen LogP contribution is 2.29. The lowest BCUT2D eigenvalue weighted by Crippen LogP contribution is -2.01. The lowest BCUT2D eigenvalue weighted by molar-refractivity contribution is 0.102. The van der Waals surface area contributed by atoms with E-state index in [4.69, 9.17) is 11.6 Å². The molecule has 0 saturated heterocycles. The summed E-state index contributed by atoms with van der Waals surface area (Å²) in [6.45, 7) is 0. The molecule has 0 amide bonds. The summed E-state index contributed by atoms with van der Waals surface area (Å²) in [5.74, 6) is 0.516. The number of benzene rings is 1. The van der Waals surface area contributed by atoms with E-state index in [0.29, 0.717) is 10.8 Å². The summed E-state index contributed by atoms with van der Waals surface area (Å²) in [6.07, 6.45) is 0. The monoisotopic (exact) mass is 346 g/mol. The Morgan fingerprint density at radius 2 is 2.12 bits per heavy atom. The van der Waals surface area contributed by atoms with Crippen LogP contribution in [0.2, 0.25) is 5.02 Å². The Bertz CT molecular complexity index is 539. The van der Waals surface area contributed by atoms with Crippen molar-refractivity contribution in [1.82, 2.24) is 0 Å². The van der Waals surface area contributed by atoms with E-state index < -0.39 is 0 Å². The summed E-state index contributed by atoms with van der Waals surface area (Å²) in [7, 11) is 0. The van der Waals surface area contributed by atoms with Gasteiger partial charge >= 0.3 is 0 Å². The third-order valence-electron chi connectivity index (χ3n) is 2.11. The van der Waals surface area contributed by atoms with Gasteiger partial charge in [-0.3, -0.25) is 4.79 Å². The first kappa shape index (κ1) is 13.1. The molecule has 0 radical (unpaired) electrons. The first-order chi connectivity index (χ1) is 8.18. The summed E-state index contributed by atoms with van der Waals surface area (Å²) in [4.78, 5) is 12.9. The Hall–Kier alpha value is -0.290. The lowest BCUT2D eigenvalue weighted by Gasteiger charge is -2.02. The molecule has 88 valence electrons. The molecule has 0 fully saturated rings. The maximum atomic E-state index is 11.9. The van der Waals surface area contributed by atoms with Crippen molar-refractivity contribution >= 4 is 56.4 Å². The third kappa shape index (κ3) is 3.35. The number of carbonyl (C=O) groups is 1. The molecule has 0 saturated carbocycles. The maximum Gasteiger partial charge on any atom is 0.175 e. The number of Topliss-reactive ketones (excluding diaryl/α,β-unsaturated/α-hetero) is 1. The van der Waals surface area contributed by atoms with Gasteiger partial charge < -0.3 is 0 Å². The zero-order chi connectivity index (χ0) is 12.3. The third-order valence-corrected chi connectivity index (χ3v) is 5.33. The Balaban J connectivity index is 2.02. The van der Waals surface area contributed by atoms with E-state index in [0.717, 1.165) is 14.9 Å². The highest BCUT2D eigenvalue weighted by molar-refractivity contribution is 9.10. The van der Waals surface area contributed by atoms with Crippen molar-refractivity contribution in [2.75, 3.05) is 5.75 Å². The van der Waals surface area contributed by atoms with Crippen LogP contribution >= 0.6 is 50.6 Å². The molecule has 0 N–H and O–H groups in total. The first-order valence-corrected chi connectivity index (χ1v) is 7.90. The van der Waals surface area contributed by atoms with Crippen molar-refractivity contribution in [2.45, 2.75) is 4.90 Å². The van der Waals surface area contributed by atoms with Crippen LogP contribution in [0.4, 0.5) is 0 Å². The fourth-order valence-electron chi connectivity index (χ4n) is 1.26. The van der Waals surface area contributed by atoms with Crippen molar-refractivity contribution in [3.05, 3.63) is 50.1 Å². The van der Waals surface area contributed by atoms with Crippen LogP contribution in [0.15, 0.2) is 44.4 Å². The number of hydrogen-bond acceptors (Lipinski definition) is 3. The number of thioether (sulfide) groups is 1. The molecule has 1 aromatic heterocycles. The second-order valence-corrected chi connectivity index (χ2v) is 6.30. The highest BCUT2D eigenvalue weighted by Gasteiger charge is 2.12. The second kappa shape index (κ2) is 6.05. The quantitative estimate of drug-likeness (QED) is 0.563. The first-order valence-electron chi connectivity index (χ1n) is 4.80. The highest BCUT2D eigenvalue weighted by atomic mass is 79.9. The lowest BCUT2D eigenvalue weighted by atomic mass is 10.2. The normalized spacial score (nSPS) is 10.5. The topological polar surface area (TPSA) is 17.1 Å². The zero-order valence-electron chi connectivity index (χ0n) is 8.65. The SMILES string of the molecule is O=C(CSc1ccccc1Cl)c1cscc1Br. The predicted molar refractivity (Wildman–Crippen MR) is 78.5 cm³/mol. The Kier molecular flexibility index (Phi) is 4.68. The molecule has 0 bridgehead atoms. The molecule has 0 aliphatic rings. The van der Waals surface area contributed by atoms with E-state index in [1.165, 1.54) is 23.1 Å². The van der Waals surface area contributed by atoms with E-state index in [9.17, 15) is 4.79 Å². The number of hydrogen-bond donors (Lipinski definition) is 0. The van der Waals surface area contributed by atoms with Gasteiger partial charge in [0.15, 0.2) is 5.78 Å². The molecule has 1 heterocycles. The van der Waals surface area contributed by atoms with Gasteiger partial charge in [0.05, 0.1) is 10.8 Å². The van der Waals surface area contributed by atoms with Gasteiger partial charge in [0.2, 0.25) is 0 Å². The number of rotatable bonds is 4. The van der Waals surface area contributed by atoms with Crippen molar-refractivity contribution in [2.24, 2.45) is 0 Å². The van der Waals surface area contributed by atoms with Gasteiger partial charge in [0, 0.05) is 25.7 Å². The molecular formula is C12H8BrClOS2. The fraction of sp³-hybridized carbons (Fsp3) is 0.0833. The molecule has 2 aromatic rings. The summed E-state index contributed by atoms with van der Waals surface area (Å²) in [5, 5.41) is 4.46. The van der Waals surface area contributed by atoms with Crippen LogP contribution in [-0.2, 0) is 0 Å². The Labute approximate surface area is 121 Å². The van der Waals surface area contributed by atoms with E-state index >= 15 is 0 Å². The van der Waals surface area contributed by atoms with Gasteiger partial charge in [-0.25, -0.2) is 0 Å². The van der Waals surface area contributed by atoms with Crippen LogP contribution in [0, 0.1) is 0 Å². The summed E-state index contributed by atoms with van der Waals surface area (Å²) in [6, 6.07) is 7.54. The standard InChI is InChI=1S/C12H8BrClOS2/c13-9-6-16-5-8(9)11(15)7-17-12-4-2-1-3-10(12)14/h1-6H,7H2. The minimum absolute atomic E-state index is 0.114. The summed E-state index contributed by atoms with van der Waals surface area (Å²) < 4.78 is 0.868. The molecule has 0 aliphatic heterocycles. The van der Waals surface area contributed by atoms with Gasteiger partial charge in [-0.2, -0.15) is 11.3 Å². The second-order valence-electron chi connectivity index (χ2n) is 3.28. The number of carbonyl (C=O) groups excluding carboxylic acids is 1. The number of ketones is 1. The Morgan fingerprint density at radius 3 is 2.76 bits per heavy atom. The molecule has 5 heteroatoms. The van der Waals surface area contributed by atoms with Gasteiger partial charge in [0.25, 0.3) is 0 Å². The van der Waals surface area contributed by atoms with Crippen molar-refractivity contribution in [3.63, 3.8) is 0 Å². The molecule has 0 aliphatic carbocycles. The average molecular weight is 348 g/mol. The molecule has 1 aromatic carbocycles. The number of thiophene rings is 1. The fourth-order valence-corrected chi connectivity index (χ4v) is 3.91. The van der Waals surface area contributed by atoms with E-state index in [1.54, 1.807) is 0 Å². The smallest absolute Gasteiger partial charge is 0.175 e. The predicted octanol–water partition coefficient (Wildman–Crippen LogP) is 5.14. The van der Waals surface area contributed by atoms with Crippen LogP contribution in [0.1, 0.15) is 10.4 Å². The van der Waals surface area contributed by atoms with E-state index in [2.05, 4.69) is 15.9 Å². The Morgan fingerprint density at radius 1 is 1.35 bits per heavy atom. The average Bonchev–Trinajstić information content (AvgIpc) is 2.74. The van der Waals surface area contributed by atoms with Crippen molar-refractivity contribution in [1.29, 1.82) is 0 Å². The van der Waals surface area contributed by atoms with Gasteiger partial charge in [0.1, 0.15) is 0 Å². The molecule has 0 atom stereocenters. The van der Waals surface area contributed by atoms with Crippen LogP contribution in [0.5, 0.6) is 0 Å². The summed E-state index contributed by atoms with van der Waals surface area (Å²) in [5.41, 5.74) is 0.745.